The Bertz CT molecular complexity index is 777. The lowest BCUT2D eigenvalue weighted by molar-refractivity contribution is -0.136. The van der Waals surface area contributed by atoms with Gasteiger partial charge in [-0.05, 0) is 30.7 Å². The Labute approximate surface area is 154 Å². The van der Waals surface area contributed by atoms with Crippen LogP contribution >= 0.6 is 0 Å². The molecule has 2 amide bonds. The largest absolute Gasteiger partial charge is 0.339 e. The highest BCUT2D eigenvalue weighted by Gasteiger charge is 2.23. The summed E-state index contributed by atoms with van der Waals surface area (Å²) in [7, 11) is 0. The molecule has 5 nitrogen and oxygen atoms in total. The van der Waals surface area contributed by atoms with E-state index in [1.807, 2.05) is 54.3 Å². The molecule has 0 unspecified atom stereocenters. The summed E-state index contributed by atoms with van der Waals surface area (Å²) in [6, 6.07) is 13.6. The fourth-order valence-corrected chi connectivity index (χ4v) is 2.91. The van der Waals surface area contributed by atoms with Crippen molar-refractivity contribution < 1.29 is 9.59 Å². The number of aryl methyl sites for hydroxylation is 1. The van der Waals surface area contributed by atoms with Crippen molar-refractivity contribution in [1.82, 2.24) is 14.8 Å². The zero-order chi connectivity index (χ0) is 18.4. The van der Waals surface area contributed by atoms with E-state index in [-0.39, 0.29) is 11.8 Å². The van der Waals surface area contributed by atoms with E-state index in [1.54, 1.807) is 23.2 Å². The molecule has 0 radical (unpaired) electrons. The van der Waals surface area contributed by atoms with Crippen molar-refractivity contribution in [2.24, 2.45) is 0 Å². The van der Waals surface area contributed by atoms with Gasteiger partial charge in [0.2, 0.25) is 11.8 Å². The van der Waals surface area contributed by atoms with Gasteiger partial charge in [0.15, 0.2) is 0 Å². The molecule has 0 aliphatic carbocycles. The zero-order valence-electron chi connectivity index (χ0n) is 15.0. The number of nitrogens with zero attached hydrogens (tertiary/aromatic N) is 3. The van der Waals surface area contributed by atoms with Gasteiger partial charge in [0.05, 0.1) is 12.1 Å². The zero-order valence-corrected chi connectivity index (χ0v) is 15.0. The van der Waals surface area contributed by atoms with Crippen molar-refractivity contribution in [2.45, 2.75) is 13.3 Å². The molecule has 1 fully saturated rings. The number of benzene rings is 1. The molecular formula is C21H23N3O2. The van der Waals surface area contributed by atoms with Crippen LogP contribution in [0.3, 0.4) is 0 Å². The van der Waals surface area contributed by atoms with E-state index in [9.17, 15) is 9.59 Å². The Morgan fingerprint density at radius 3 is 2.35 bits per heavy atom. The van der Waals surface area contributed by atoms with Crippen molar-refractivity contribution in [2.75, 3.05) is 26.2 Å². The van der Waals surface area contributed by atoms with Crippen LogP contribution < -0.4 is 0 Å². The van der Waals surface area contributed by atoms with Gasteiger partial charge in [-0.25, -0.2) is 0 Å². The molecule has 5 heteroatoms. The monoisotopic (exact) mass is 349 g/mol. The molecule has 0 bridgehead atoms. The second-order valence-electron chi connectivity index (χ2n) is 6.46. The van der Waals surface area contributed by atoms with Crippen LogP contribution in [-0.4, -0.2) is 52.8 Å². The number of piperazine rings is 1. The summed E-state index contributed by atoms with van der Waals surface area (Å²) < 4.78 is 0. The summed E-state index contributed by atoms with van der Waals surface area (Å²) in [5, 5.41) is 0. The van der Waals surface area contributed by atoms with Crippen molar-refractivity contribution in [1.29, 1.82) is 0 Å². The summed E-state index contributed by atoms with van der Waals surface area (Å²) >= 11 is 0. The number of hydrogen-bond acceptors (Lipinski definition) is 3. The van der Waals surface area contributed by atoms with Crippen LogP contribution in [0, 0.1) is 6.92 Å². The molecule has 0 N–H and O–H groups in total. The van der Waals surface area contributed by atoms with Crippen molar-refractivity contribution >= 4 is 17.9 Å². The van der Waals surface area contributed by atoms with E-state index < -0.39 is 0 Å². The average molecular weight is 349 g/mol. The minimum atomic E-state index is -0.0405. The van der Waals surface area contributed by atoms with E-state index in [4.69, 9.17) is 0 Å². The molecule has 3 rings (SSSR count). The lowest BCUT2D eigenvalue weighted by Gasteiger charge is -2.34. The van der Waals surface area contributed by atoms with E-state index in [0.717, 1.165) is 11.3 Å². The smallest absolute Gasteiger partial charge is 0.246 e. The van der Waals surface area contributed by atoms with Crippen LogP contribution in [0.15, 0.2) is 54.7 Å². The van der Waals surface area contributed by atoms with Gasteiger partial charge in [-0.3, -0.25) is 14.6 Å². The van der Waals surface area contributed by atoms with Gasteiger partial charge in [-0.15, -0.1) is 0 Å². The number of amides is 2. The number of aromatic nitrogens is 1. The van der Waals surface area contributed by atoms with Crippen LogP contribution in [0.25, 0.3) is 6.08 Å². The van der Waals surface area contributed by atoms with Gasteiger partial charge < -0.3 is 9.80 Å². The highest BCUT2D eigenvalue weighted by molar-refractivity contribution is 5.91. The van der Waals surface area contributed by atoms with E-state index in [1.165, 1.54) is 5.56 Å². The summed E-state index contributed by atoms with van der Waals surface area (Å²) in [6.07, 6.45) is 5.37. The third kappa shape index (κ3) is 4.79. The first-order chi connectivity index (χ1) is 12.6. The Morgan fingerprint density at radius 1 is 1.00 bits per heavy atom. The van der Waals surface area contributed by atoms with Gasteiger partial charge in [-0.1, -0.05) is 35.9 Å². The maximum absolute atomic E-state index is 12.4. The molecule has 2 heterocycles. The van der Waals surface area contributed by atoms with Gasteiger partial charge in [0, 0.05) is 38.5 Å². The lowest BCUT2D eigenvalue weighted by Crippen LogP contribution is -2.50. The molecule has 26 heavy (non-hydrogen) atoms. The van der Waals surface area contributed by atoms with Crippen molar-refractivity contribution in [3.05, 3.63) is 71.6 Å². The van der Waals surface area contributed by atoms with Crippen LogP contribution in [0.2, 0.25) is 0 Å². The molecule has 1 aliphatic rings. The molecule has 1 aromatic carbocycles. The molecule has 1 aliphatic heterocycles. The Hall–Kier alpha value is -2.95. The second kappa shape index (κ2) is 8.43. The highest BCUT2D eigenvalue weighted by Crippen LogP contribution is 2.09. The Balaban J connectivity index is 1.49. The number of rotatable bonds is 4. The number of pyridine rings is 1. The third-order valence-corrected chi connectivity index (χ3v) is 4.50. The van der Waals surface area contributed by atoms with E-state index in [0.29, 0.717) is 32.6 Å². The quantitative estimate of drug-likeness (QED) is 0.796. The van der Waals surface area contributed by atoms with Crippen LogP contribution in [0.1, 0.15) is 16.8 Å². The minimum absolute atomic E-state index is 0.0405. The second-order valence-corrected chi connectivity index (χ2v) is 6.46. The van der Waals surface area contributed by atoms with Crippen LogP contribution in [-0.2, 0) is 16.0 Å². The highest BCUT2D eigenvalue weighted by atomic mass is 16.2. The van der Waals surface area contributed by atoms with E-state index in [2.05, 4.69) is 4.98 Å². The topological polar surface area (TPSA) is 53.5 Å². The van der Waals surface area contributed by atoms with Gasteiger partial charge in [-0.2, -0.15) is 0 Å². The molecular weight excluding hydrogens is 326 g/mol. The third-order valence-electron chi connectivity index (χ3n) is 4.50. The Kier molecular flexibility index (Phi) is 5.79. The standard InChI is InChI=1S/C21H23N3O2/c1-17-5-7-18(8-6-17)16-21(26)24-14-12-23(13-15-24)20(25)10-9-19-4-2-3-11-22-19/h2-11H,12-16H2,1H3/b10-9+. The first-order valence-electron chi connectivity index (χ1n) is 8.83. The molecule has 134 valence electrons. The molecule has 0 spiro atoms. The predicted molar refractivity (Wildman–Crippen MR) is 101 cm³/mol. The van der Waals surface area contributed by atoms with Gasteiger partial charge in [0.1, 0.15) is 0 Å². The first-order valence-corrected chi connectivity index (χ1v) is 8.83. The normalized spacial score (nSPS) is 14.7. The average Bonchev–Trinajstić information content (AvgIpc) is 2.69. The minimum Gasteiger partial charge on any atom is -0.339 e. The van der Waals surface area contributed by atoms with Crippen molar-refractivity contribution in [3.8, 4) is 0 Å². The Morgan fingerprint density at radius 2 is 1.69 bits per heavy atom. The molecule has 2 aromatic rings. The number of hydrogen-bond donors (Lipinski definition) is 0. The maximum atomic E-state index is 12.4. The lowest BCUT2D eigenvalue weighted by atomic mass is 10.1. The molecule has 0 saturated carbocycles. The molecule has 0 atom stereocenters. The fraction of sp³-hybridized carbons (Fsp3) is 0.286. The number of carbonyl (C=O) groups excluding carboxylic acids is 2. The van der Waals surface area contributed by atoms with Gasteiger partial charge >= 0.3 is 0 Å². The summed E-state index contributed by atoms with van der Waals surface area (Å²) in [4.78, 5) is 32.5. The molecule has 1 aromatic heterocycles. The van der Waals surface area contributed by atoms with Crippen LogP contribution in [0.5, 0.6) is 0 Å². The SMILES string of the molecule is Cc1ccc(CC(=O)N2CCN(C(=O)/C=C/c3ccccn3)CC2)cc1. The maximum Gasteiger partial charge on any atom is 0.246 e. The fourth-order valence-electron chi connectivity index (χ4n) is 2.91. The summed E-state index contributed by atoms with van der Waals surface area (Å²) in [5.41, 5.74) is 2.97. The summed E-state index contributed by atoms with van der Waals surface area (Å²) in [6.45, 7) is 4.31. The number of carbonyl (C=O) groups is 2. The first kappa shape index (κ1) is 17.9. The van der Waals surface area contributed by atoms with Crippen molar-refractivity contribution in [3.63, 3.8) is 0 Å². The molecule has 1 saturated heterocycles. The van der Waals surface area contributed by atoms with Gasteiger partial charge in [0.25, 0.3) is 0 Å². The van der Waals surface area contributed by atoms with Crippen LogP contribution in [0.4, 0.5) is 0 Å². The summed E-state index contributed by atoms with van der Waals surface area (Å²) in [5.74, 6) is 0.0752. The predicted octanol–water partition coefficient (Wildman–Crippen LogP) is 2.32. The van der Waals surface area contributed by atoms with E-state index >= 15 is 0 Å².